The fourth-order valence-electron chi connectivity index (χ4n) is 5.66. The van der Waals surface area contributed by atoms with Crippen molar-refractivity contribution in [2.45, 2.75) is 36.8 Å². The normalized spacial score (nSPS) is 22.1. The van der Waals surface area contributed by atoms with Crippen molar-refractivity contribution in [3.8, 4) is 0 Å². The van der Waals surface area contributed by atoms with Gasteiger partial charge in [-0.05, 0) is 45.3 Å². The van der Waals surface area contributed by atoms with Gasteiger partial charge in [0.1, 0.15) is 0 Å². The van der Waals surface area contributed by atoms with E-state index in [0.29, 0.717) is 65.0 Å². The van der Waals surface area contributed by atoms with E-state index in [1.807, 2.05) is 6.07 Å². The van der Waals surface area contributed by atoms with E-state index in [0.717, 1.165) is 25.7 Å². The van der Waals surface area contributed by atoms with Gasteiger partial charge in [0.25, 0.3) is 5.91 Å². The van der Waals surface area contributed by atoms with Crippen molar-refractivity contribution in [3.63, 3.8) is 0 Å². The molecule has 1 aromatic carbocycles. The Morgan fingerprint density at radius 2 is 1.52 bits per heavy atom. The molecule has 12 heteroatoms. The largest absolute Gasteiger partial charge is 0.382 e. The van der Waals surface area contributed by atoms with Crippen molar-refractivity contribution in [1.29, 1.82) is 0 Å². The number of rotatable bonds is 16. The van der Waals surface area contributed by atoms with Crippen molar-refractivity contribution in [1.82, 2.24) is 25.5 Å². The molecular formula is C30H44N6O6. The number of aromatic nitrogens is 2. The molecule has 2 N–H and O–H groups in total. The molecule has 42 heavy (non-hydrogen) atoms. The monoisotopic (exact) mass is 584 g/mol. The summed E-state index contributed by atoms with van der Waals surface area (Å²) >= 11 is 0. The molecule has 2 aromatic rings. The van der Waals surface area contributed by atoms with E-state index in [9.17, 15) is 9.59 Å². The summed E-state index contributed by atoms with van der Waals surface area (Å²) in [6.45, 7) is 4.17. The number of nitrogens with zero attached hydrogens (tertiary/aromatic N) is 4. The average Bonchev–Trinajstić information content (AvgIpc) is 3.33. The van der Waals surface area contributed by atoms with Crippen molar-refractivity contribution in [3.05, 3.63) is 54.1 Å². The Bertz CT molecular complexity index is 1120. The van der Waals surface area contributed by atoms with Crippen LogP contribution in [0.25, 0.3) is 0 Å². The Morgan fingerprint density at radius 3 is 2.12 bits per heavy atom. The lowest BCUT2D eigenvalue weighted by Crippen LogP contribution is -2.54. The minimum Gasteiger partial charge on any atom is -0.382 e. The summed E-state index contributed by atoms with van der Waals surface area (Å²) in [6.07, 6.45) is 6.67. The first-order chi connectivity index (χ1) is 20.4. The Hall–Kier alpha value is -3.16. The van der Waals surface area contributed by atoms with Crippen LogP contribution in [-0.4, -0.2) is 113 Å². The fraction of sp³-hybridized carbons (Fsp3) is 0.600. The van der Waals surface area contributed by atoms with Gasteiger partial charge >= 0.3 is 6.03 Å². The van der Waals surface area contributed by atoms with Gasteiger partial charge in [-0.25, -0.2) is 14.8 Å². The van der Waals surface area contributed by atoms with E-state index in [-0.39, 0.29) is 22.9 Å². The summed E-state index contributed by atoms with van der Waals surface area (Å²) in [4.78, 5) is 37.9. The van der Waals surface area contributed by atoms with E-state index >= 15 is 0 Å². The molecule has 1 spiro atoms. The van der Waals surface area contributed by atoms with E-state index in [2.05, 4.69) is 63.9 Å². The van der Waals surface area contributed by atoms with Crippen molar-refractivity contribution >= 4 is 17.6 Å². The number of ether oxygens (including phenoxy) is 4. The highest BCUT2D eigenvalue weighted by Gasteiger charge is 2.50. The van der Waals surface area contributed by atoms with Crippen LogP contribution in [-0.2, 0) is 24.5 Å². The van der Waals surface area contributed by atoms with E-state index in [4.69, 9.17) is 18.9 Å². The number of hydrogen-bond acceptors (Lipinski definition) is 9. The number of carbonyl (C=O) groups is 2. The summed E-state index contributed by atoms with van der Waals surface area (Å²) in [5, 5.41) is 6.00. The molecule has 2 aliphatic rings. The SMILES string of the molecule is COCCOCCOCCOCCNC(=O)c1ncc(N2C[C@]3(CC[C@@](c4ccccc4)(N(C)C)CC3)NC2=O)cn1. The van der Waals surface area contributed by atoms with E-state index in [1.165, 1.54) is 18.0 Å². The van der Waals surface area contributed by atoms with Gasteiger partial charge in [-0.15, -0.1) is 0 Å². The molecule has 1 aliphatic heterocycles. The zero-order chi connectivity index (χ0) is 29.8. The van der Waals surface area contributed by atoms with Gasteiger partial charge in [0.2, 0.25) is 5.82 Å². The lowest BCUT2D eigenvalue weighted by molar-refractivity contribution is 0.00414. The van der Waals surface area contributed by atoms with Crippen LogP contribution < -0.4 is 15.5 Å². The second-order valence-corrected chi connectivity index (χ2v) is 10.9. The summed E-state index contributed by atoms with van der Waals surface area (Å²) in [7, 11) is 5.89. The lowest BCUT2D eigenvalue weighted by Gasteiger charge is -2.48. The van der Waals surface area contributed by atoms with Crippen LogP contribution in [0.2, 0.25) is 0 Å². The maximum absolute atomic E-state index is 13.0. The molecule has 1 saturated carbocycles. The standard InChI is InChI=1S/C30H44N6O6/c1-35(2)30(24-7-5-4-6-8-24)11-9-29(10-12-30)23-36(28(38)34-29)25-21-32-26(33-22-25)27(37)31-13-14-40-17-18-42-20-19-41-16-15-39-3/h4-8,21-22H,9-20,23H2,1-3H3,(H,31,37)(H,34,38)/t29-,30-. The Labute approximate surface area is 248 Å². The number of methoxy groups -OCH3 is 1. The quantitative estimate of drug-likeness (QED) is 0.286. The summed E-state index contributed by atoms with van der Waals surface area (Å²) < 4.78 is 21.1. The fourth-order valence-corrected chi connectivity index (χ4v) is 5.66. The smallest absolute Gasteiger partial charge is 0.322 e. The highest BCUT2D eigenvalue weighted by molar-refractivity contribution is 5.95. The van der Waals surface area contributed by atoms with E-state index in [1.54, 1.807) is 12.0 Å². The molecule has 4 rings (SSSR count). The average molecular weight is 585 g/mol. The molecule has 3 amide bonds. The van der Waals surface area contributed by atoms with Crippen molar-refractivity contribution in [2.75, 3.05) is 85.4 Å². The molecule has 0 radical (unpaired) electrons. The molecule has 0 atom stereocenters. The van der Waals surface area contributed by atoms with Gasteiger partial charge in [0.05, 0.1) is 76.4 Å². The van der Waals surface area contributed by atoms with Gasteiger partial charge < -0.3 is 29.6 Å². The first-order valence-corrected chi connectivity index (χ1v) is 14.5. The van der Waals surface area contributed by atoms with Crippen LogP contribution in [0.15, 0.2) is 42.7 Å². The maximum Gasteiger partial charge on any atom is 0.322 e. The summed E-state index contributed by atoms with van der Waals surface area (Å²) in [6, 6.07) is 10.4. The third kappa shape index (κ3) is 8.01. The van der Waals surface area contributed by atoms with Gasteiger partial charge in [-0.2, -0.15) is 0 Å². The van der Waals surface area contributed by atoms with Crippen molar-refractivity contribution in [2.24, 2.45) is 0 Å². The van der Waals surface area contributed by atoms with Gasteiger partial charge in [-0.1, -0.05) is 30.3 Å². The minimum absolute atomic E-state index is 0.0427. The Balaban J connectivity index is 1.19. The molecule has 2 heterocycles. The number of hydrogen-bond donors (Lipinski definition) is 2. The lowest BCUT2D eigenvalue weighted by atomic mass is 9.69. The zero-order valence-corrected chi connectivity index (χ0v) is 25.0. The Morgan fingerprint density at radius 1 is 0.929 bits per heavy atom. The Kier molecular flexibility index (Phi) is 11.6. The van der Waals surface area contributed by atoms with Crippen LogP contribution in [0.1, 0.15) is 41.9 Å². The second-order valence-electron chi connectivity index (χ2n) is 10.9. The van der Waals surface area contributed by atoms with Crippen LogP contribution in [0.3, 0.4) is 0 Å². The number of nitrogens with one attached hydrogen (secondary N) is 2. The van der Waals surface area contributed by atoms with Gasteiger partial charge in [0, 0.05) is 19.2 Å². The first kappa shape index (κ1) is 31.8. The number of amides is 3. The molecule has 1 aromatic heterocycles. The number of anilines is 1. The van der Waals surface area contributed by atoms with Crippen LogP contribution in [0, 0.1) is 0 Å². The maximum atomic E-state index is 13.0. The molecule has 1 saturated heterocycles. The third-order valence-corrected chi connectivity index (χ3v) is 8.14. The molecule has 0 unspecified atom stereocenters. The summed E-state index contributed by atoms with van der Waals surface area (Å²) in [5.41, 5.74) is 1.52. The van der Waals surface area contributed by atoms with Crippen LogP contribution in [0.4, 0.5) is 10.5 Å². The highest BCUT2D eigenvalue weighted by atomic mass is 16.6. The number of benzene rings is 1. The highest BCUT2D eigenvalue weighted by Crippen LogP contribution is 2.46. The molecule has 2 fully saturated rings. The van der Waals surface area contributed by atoms with Crippen molar-refractivity contribution < 1.29 is 28.5 Å². The minimum atomic E-state index is -0.398. The van der Waals surface area contributed by atoms with Crippen LogP contribution in [0.5, 0.6) is 0 Å². The topological polar surface area (TPSA) is 127 Å². The first-order valence-electron chi connectivity index (χ1n) is 14.5. The number of urea groups is 1. The second kappa shape index (κ2) is 15.4. The molecule has 230 valence electrons. The van der Waals surface area contributed by atoms with Gasteiger partial charge in [0.15, 0.2) is 0 Å². The molecule has 1 aliphatic carbocycles. The summed E-state index contributed by atoms with van der Waals surface area (Å²) in [5.74, 6) is -0.355. The molecule has 12 nitrogen and oxygen atoms in total. The third-order valence-electron chi connectivity index (χ3n) is 8.14. The predicted molar refractivity (Wildman–Crippen MR) is 158 cm³/mol. The van der Waals surface area contributed by atoms with E-state index < -0.39 is 5.91 Å². The molecule has 0 bridgehead atoms. The number of carbonyl (C=O) groups excluding carboxylic acids is 2. The predicted octanol–water partition coefficient (Wildman–Crippen LogP) is 2.20. The molecular weight excluding hydrogens is 540 g/mol. The van der Waals surface area contributed by atoms with Gasteiger partial charge in [-0.3, -0.25) is 14.6 Å². The zero-order valence-electron chi connectivity index (χ0n) is 25.0. The van der Waals surface area contributed by atoms with Crippen LogP contribution >= 0.6 is 0 Å².